The fraction of sp³-hybridized carbons (Fsp3) is 0.321. The summed E-state index contributed by atoms with van der Waals surface area (Å²) in [7, 11) is 0. The van der Waals surface area contributed by atoms with Crippen LogP contribution in [-0.2, 0) is 6.54 Å². The fourth-order valence-corrected chi connectivity index (χ4v) is 5.69. The van der Waals surface area contributed by atoms with Gasteiger partial charge in [0.15, 0.2) is 0 Å². The van der Waals surface area contributed by atoms with E-state index in [9.17, 15) is 14.4 Å². The zero-order valence-corrected chi connectivity index (χ0v) is 22.0. The molecule has 0 aliphatic rings. The van der Waals surface area contributed by atoms with Crippen molar-refractivity contribution >= 4 is 27.5 Å². The van der Waals surface area contributed by atoms with E-state index in [4.69, 9.17) is 0 Å². The summed E-state index contributed by atoms with van der Waals surface area (Å²) in [4.78, 5) is 43.7. The zero-order valence-electron chi connectivity index (χ0n) is 21.1. The van der Waals surface area contributed by atoms with E-state index >= 15 is 0 Å². The summed E-state index contributed by atoms with van der Waals surface area (Å²) in [6.07, 6.45) is 0. The van der Waals surface area contributed by atoms with Crippen molar-refractivity contribution in [1.29, 1.82) is 0 Å². The number of nitrogens with zero attached hydrogens (tertiary/aromatic N) is 3. The molecule has 4 rings (SSSR count). The molecule has 0 aliphatic heterocycles. The average Bonchev–Trinajstić information content (AvgIpc) is 3.17. The number of hydrogen-bond donors (Lipinski definition) is 0. The Bertz CT molecular complexity index is 1550. The van der Waals surface area contributed by atoms with Gasteiger partial charge in [-0.1, -0.05) is 35.9 Å². The highest BCUT2D eigenvalue weighted by molar-refractivity contribution is 7.20. The van der Waals surface area contributed by atoms with Crippen molar-refractivity contribution < 1.29 is 4.79 Å². The van der Waals surface area contributed by atoms with E-state index in [1.165, 1.54) is 15.9 Å². The third kappa shape index (κ3) is 4.36. The van der Waals surface area contributed by atoms with Crippen LogP contribution in [0.4, 0.5) is 0 Å². The minimum absolute atomic E-state index is 0.111. The first-order valence-corrected chi connectivity index (χ1v) is 12.7. The molecule has 182 valence electrons. The Morgan fingerprint density at radius 1 is 0.943 bits per heavy atom. The molecule has 0 bridgehead atoms. The van der Waals surface area contributed by atoms with Gasteiger partial charge in [0, 0.05) is 13.1 Å². The number of rotatable bonds is 6. The average molecular weight is 490 g/mol. The van der Waals surface area contributed by atoms with Gasteiger partial charge in [0.2, 0.25) is 0 Å². The minimum Gasteiger partial charge on any atom is -0.338 e. The van der Waals surface area contributed by atoms with Gasteiger partial charge in [0.25, 0.3) is 11.5 Å². The Morgan fingerprint density at radius 2 is 1.66 bits per heavy atom. The summed E-state index contributed by atoms with van der Waals surface area (Å²) in [6, 6.07) is 13.6. The molecule has 2 aromatic carbocycles. The van der Waals surface area contributed by atoms with Gasteiger partial charge in [-0.25, -0.2) is 9.36 Å². The quantitative estimate of drug-likeness (QED) is 0.384. The van der Waals surface area contributed by atoms with Crippen molar-refractivity contribution in [3.63, 3.8) is 0 Å². The van der Waals surface area contributed by atoms with Crippen LogP contribution >= 0.6 is 11.3 Å². The SMILES string of the molecule is CCN(CC)C(=O)c1sc2c(c1C)c(=O)n(-c1ccc(C)c(C)c1)c(=O)n2Cc1cccc(C)c1. The Labute approximate surface area is 209 Å². The van der Waals surface area contributed by atoms with Crippen LogP contribution in [-0.4, -0.2) is 33.0 Å². The molecule has 0 aliphatic carbocycles. The molecule has 0 saturated carbocycles. The molecule has 7 heteroatoms. The lowest BCUT2D eigenvalue weighted by Gasteiger charge is -2.17. The molecule has 0 saturated heterocycles. The maximum Gasteiger partial charge on any atom is 0.337 e. The molecule has 0 N–H and O–H groups in total. The summed E-state index contributed by atoms with van der Waals surface area (Å²) in [5, 5.41) is 0.427. The van der Waals surface area contributed by atoms with Gasteiger partial charge >= 0.3 is 5.69 Å². The molecule has 2 heterocycles. The number of benzene rings is 2. The predicted molar refractivity (Wildman–Crippen MR) is 143 cm³/mol. The standard InChI is InChI=1S/C28H31N3O3S/c1-7-29(8-2)26(33)24-20(6)23-25(32)31(22-13-12-18(4)19(5)15-22)28(34)30(27(23)35-24)16-21-11-9-10-17(3)14-21/h9-15H,7-8,16H2,1-6H3. The monoisotopic (exact) mass is 489 g/mol. The van der Waals surface area contributed by atoms with Crippen molar-refractivity contribution in [2.24, 2.45) is 0 Å². The third-order valence-corrected chi connectivity index (χ3v) is 7.93. The van der Waals surface area contributed by atoms with E-state index in [0.29, 0.717) is 46.0 Å². The van der Waals surface area contributed by atoms with Crippen molar-refractivity contribution in [3.05, 3.63) is 96.0 Å². The lowest BCUT2D eigenvalue weighted by molar-refractivity contribution is 0.0777. The van der Waals surface area contributed by atoms with E-state index in [-0.39, 0.29) is 11.5 Å². The van der Waals surface area contributed by atoms with Crippen LogP contribution in [0.5, 0.6) is 0 Å². The Morgan fingerprint density at radius 3 is 2.29 bits per heavy atom. The normalized spacial score (nSPS) is 11.3. The van der Waals surface area contributed by atoms with Gasteiger partial charge in [-0.15, -0.1) is 11.3 Å². The predicted octanol–water partition coefficient (Wildman–Crippen LogP) is 4.98. The second-order valence-corrected chi connectivity index (χ2v) is 9.98. The molecule has 0 unspecified atom stereocenters. The smallest absolute Gasteiger partial charge is 0.337 e. The Kier molecular flexibility index (Phi) is 6.81. The van der Waals surface area contributed by atoms with Crippen molar-refractivity contribution in [3.8, 4) is 5.69 Å². The maximum absolute atomic E-state index is 13.9. The topological polar surface area (TPSA) is 64.3 Å². The van der Waals surface area contributed by atoms with Crippen LogP contribution in [0.25, 0.3) is 15.9 Å². The number of amides is 1. The van der Waals surface area contributed by atoms with Gasteiger partial charge in [-0.05, 0) is 75.9 Å². The molecule has 0 fully saturated rings. The summed E-state index contributed by atoms with van der Waals surface area (Å²) in [5.41, 5.74) is 4.50. The van der Waals surface area contributed by atoms with Crippen molar-refractivity contribution in [1.82, 2.24) is 14.0 Å². The Hall–Kier alpha value is -3.45. The first-order chi connectivity index (χ1) is 16.7. The van der Waals surface area contributed by atoms with Crippen LogP contribution in [0.2, 0.25) is 0 Å². The zero-order chi connectivity index (χ0) is 25.4. The molecular formula is C28H31N3O3S. The van der Waals surface area contributed by atoms with Gasteiger partial charge in [-0.3, -0.25) is 14.2 Å². The number of fused-ring (bicyclic) bond motifs is 1. The van der Waals surface area contributed by atoms with Crippen LogP contribution in [0.3, 0.4) is 0 Å². The lowest BCUT2D eigenvalue weighted by Crippen LogP contribution is -2.39. The Balaban J connectivity index is 2.07. The van der Waals surface area contributed by atoms with Gasteiger partial charge < -0.3 is 4.90 Å². The summed E-state index contributed by atoms with van der Waals surface area (Å²) < 4.78 is 2.88. The van der Waals surface area contributed by atoms with Crippen molar-refractivity contribution in [2.45, 2.75) is 48.1 Å². The molecule has 2 aromatic heterocycles. The maximum atomic E-state index is 13.9. The van der Waals surface area contributed by atoms with Gasteiger partial charge in [0.1, 0.15) is 4.83 Å². The number of carbonyl (C=O) groups is 1. The molecule has 35 heavy (non-hydrogen) atoms. The molecule has 4 aromatic rings. The van der Waals surface area contributed by atoms with Gasteiger partial charge in [0.05, 0.1) is 22.5 Å². The van der Waals surface area contributed by atoms with E-state index < -0.39 is 5.69 Å². The van der Waals surface area contributed by atoms with E-state index in [1.54, 1.807) is 15.5 Å². The second kappa shape index (κ2) is 9.66. The number of thiophene rings is 1. The minimum atomic E-state index is -0.407. The largest absolute Gasteiger partial charge is 0.338 e. The van der Waals surface area contributed by atoms with E-state index in [2.05, 4.69) is 0 Å². The number of aromatic nitrogens is 2. The lowest BCUT2D eigenvalue weighted by atomic mass is 10.1. The first-order valence-electron chi connectivity index (χ1n) is 11.9. The highest BCUT2D eigenvalue weighted by atomic mass is 32.1. The second-order valence-electron chi connectivity index (χ2n) is 8.98. The molecular weight excluding hydrogens is 458 g/mol. The number of carbonyl (C=O) groups excluding carboxylic acids is 1. The third-order valence-electron chi connectivity index (χ3n) is 6.63. The van der Waals surface area contributed by atoms with E-state index in [1.807, 2.05) is 77.9 Å². The fourth-order valence-electron chi connectivity index (χ4n) is 4.43. The number of hydrogen-bond acceptors (Lipinski definition) is 4. The molecule has 6 nitrogen and oxygen atoms in total. The van der Waals surface area contributed by atoms with Crippen LogP contribution in [0.1, 0.15) is 51.3 Å². The number of aryl methyl sites for hydroxylation is 4. The highest BCUT2D eigenvalue weighted by Crippen LogP contribution is 2.30. The van der Waals surface area contributed by atoms with Crippen LogP contribution in [0, 0.1) is 27.7 Å². The summed E-state index contributed by atoms with van der Waals surface area (Å²) >= 11 is 1.24. The summed E-state index contributed by atoms with van der Waals surface area (Å²) in [5.74, 6) is -0.111. The first kappa shape index (κ1) is 24.7. The van der Waals surface area contributed by atoms with Crippen LogP contribution in [0.15, 0.2) is 52.1 Å². The molecule has 1 amide bonds. The van der Waals surface area contributed by atoms with Gasteiger partial charge in [-0.2, -0.15) is 0 Å². The molecule has 0 spiro atoms. The molecule has 0 atom stereocenters. The van der Waals surface area contributed by atoms with E-state index in [0.717, 1.165) is 22.3 Å². The summed E-state index contributed by atoms with van der Waals surface area (Å²) in [6.45, 7) is 13.1. The van der Waals surface area contributed by atoms with Crippen LogP contribution < -0.4 is 11.2 Å². The highest BCUT2D eigenvalue weighted by Gasteiger charge is 2.25. The van der Waals surface area contributed by atoms with Crippen molar-refractivity contribution in [2.75, 3.05) is 13.1 Å². The molecule has 0 radical (unpaired) electrons.